The summed E-state index contributed by atoms with van der Waals surface area (Å²) >= 11 is 1.27. The molecule has 18 heavy (non-hydrogen) atoms. The van der Waals surface area contributed by atoms with Crippen LogP contribution in [0, 0.1) is 0 Å². The topological polar surface area (TPSA) is 26.0 Å². The van der Waals surface area contributed by atoms with Crippen molar-refractivity contribution in [3.8, 4) is 0 Å². The van der Waals surface area contributed by atoms with E-state index < -0.39 is 0 Å². The van der Waals surface area contributed by atoms with Crippen LogP contribution in [0.5, 0.6) is 0 Å². The number of halogens is 1. The Morgan fingerprint density at radius 3 is 2.44 bits per heavy atom. The Balaban J connectivity index is 2.91. The first-order valence-electron chi connectivity index (χ1n) is 6.50. The summed E-state index contributed by atoms with van der Waals surface area (Å²) < 4.78 is 12.5. The quantitative estimate of drug-likeness (QED) is 0.616. The first-order valence-corrected chi connectivity index (χ1v) is 7.49. The van der Waals surface area contributed by atoms with Crippen LogP contribution in [0.15, 0.2) is 23.1 Å². The molecule has 1 rings (SSSR count). The van der Waals surface area contributed by atoms with Gasteiger partial charge in [-0.05, 0) is 54.5 Å². The summed E-state index contributed by atoms with van der Waals surface area (Å²) in [5.41, 5.74) is 8.20. The van der Waals surface area contributed by atoms with Crippen molar-refractivity contribution in [1.82, 2.24) is 0 Å². The molecule has 102 valence electrons. The molecule has 0 bridgehead atoms. The molecule has 1 aromatic carbocycles. The zero-order valence-corrected chi connectivity index (χ0v) is 12.4. The highest BCUT2D eigenvalue weighted by Crippen LogP contribution is 2.29. The van der Waals surface area contributed by atoms with E-state index in [9.17, 15) is 4.39 Å². The van der Waals surface area contributed by atoms with E-state index in [1.54, 1.807) is 0 Å². The molecule has 0 saturated carbocycles. The molecule has 1 nitrogen and oxygen atoms in total. The fraction of sp³-hybridized carbons (Fsp3) is 0.600. The number of hydrogen-bond donors (Lipinski definition) is 1. The van der Waals surface area contributed by atoms with Crippen LogP contribution in [0.3, 0.4) is 0 Å². The Morgan fingerprint density at radius 1 is 1.17 bits per heavy atom. The van der Waals surface area contributed by atoms with Gasteiger partial charge in [0, 0.05) is 4.90 Å². The summed E-state index contributed by atoms with van der Waals surface area (Å²) in [5, 5.41) is 0. The van der Waals surface area contributed by atoms with Crippen LogP contribution in [0.4, 0.5) is 4.39 Å². The largest absolute Gasteiger partial charge is 0.330 e. The predicted molar refractivity (Wildman–Crippen MR) is 79.0 cm³/mol. The van der Waals surface area contributed by atoms with E-state index in [4.69, 9.17) is 5.73 Å². The van der Waals surface area contributed by atoms with E-state index in [1.807, 2.05) is 0 Å². The van der Waals surface area contributed by atoms with E-state index >= 15 is 0 Å². The molecule has 2 N–H and O–H groups in total. The van der Waals surface area contributed by atoms with Crippen LogP contribution in [0.25, 0.3) is 0 Å². The van der Waals surface area contributed by atoms with Gasteiger partial charge in [0.2, 0.25) is 0 Å². The molecule has 0 aromatic heterocycles. The van der Waals surface area contributed by atoms with Gasteiger partial charge in [-0.25, -0.2) is 4.39 Å². The predicted octanol–water partition coefficient (Wildman–Crippen LogP) is 4.28. The fourth-order valence-corrected chi connectivity index (χ4v) is 2.43. The van der Waals surface area contributed by atoms with Crippen LogP contribution >= 0.6 is 11.8 Å². The van der Waals surface area contributed by atoms with E-state index in [0.717, 1.165) is 30.7 Å². The van der Waals surface area contributed by atoms with E-state index in [1.165, 1.54) is 22.9 Å². The highest BCUT2D eigenvalue weighted by molar-refractivity contribution is 7.99. The molecule has 0 spiro atoms. The van der Waals surface area contributed by atoms with Crippen molar-refractivity contribution in [2.24, 2.45) is 5.73 Å². The van der Waals surface area contributed by atoms with Crippen LogP contribution in [-0.4, -0.2) is 12.6 Å². The first kappa shape index (κ1) is 15.5. The third-order valence-corrected chi connectivity index (χ3v) is 3.65. The average Bonchev–Trinajstić information content (AvgIpc) is 2.28. The third-order valence-electron chi connectivity index (χ3n) is 2.97. The Kier molecular flexibility index (Phi) is 6.16. The molecule has 0 fully saturated rings. The maximum absolute atomic E-state index is 12.5. The Morgan fingerprint density at radius 2 is 1.89 bits per heavy atom. The highest BCUT2D eigenvalue weighted by atomic mass is 32.2. The molecule has 0 radical (unpaired) electrons. The molecule has 3 heteroatoms. The minimum atomic E-state index is -0.365. The minimum absolute atomic E-state index is 0.107. The summed E-state index contributed by atoms with van der Waals surface area (Å²) in [7, 11) is 0. The number of rotatable bonds is 6. The Labute approximate surface area is 114 Å². The van der Waals surface area contributed by atoms with Gasteiger partial charge in [0.1, 0.15) is 6.01 Å². The number of hydrogen-bond acceptors (Lipinski definition) is 2. The number of alkyl halides is 1. The van der Waals surface area contributed by atoms with Gasteiger partial charge in [-0.15, -0.1) is 0 Å². The van der Waals surface area contributed by atoms with Crippen LogP contribution in [0.1, 0.15) is 44.7 Å². The van der Waals surface area contributed by atoms with Crippen molar-refractivity contribution in [2.75, 3.05) is 12.6 Å². The van der Waals surface area contributed by atoms with Crippen molar-refractivity contribution >= 4 is 11.8 Å². The summed E-state index contributed by atoms with van der Waals surface area (Å²) in [5.74, 6) is 0. The van der Waals surface area contributed by atoms with Crippen LogP contribution in [-0.2, 0) is 11.8 Å². The number of nitrogens with two attached hydrogens (primary N) is 1. The zero-order valence-electron chi connectivity index (χ0n) is 11.6. The van der Waals surface area contributed by atoms with Gasteiger partial charge in [-0.3, -0.25) is 0 Å². The smallest absolute Gasteiger partial charge is 0.139 e. The van der Waals surface area contributed by atoms with E-state index in [2.05, 4.69) is 39.0 Å². The molecule has 0 unspecified atom stereocenters. The van der Waals surface area contributed by atoms with Gasteiger partial charge < -0.3 is 5.73 Å². The van der Waals surface area contributed by atoms with Gasteiger partial charge in [0.15, 0.2) is 0 Å². The lowest BCUT2D eigenvalue weighted by atomic mass is 9.86. The van der Waals surface area contributed by atoms with E-state index in [-0.39, 0.29) is 11.4 Å². The fourth-order valence-electron chi connectivity index (χ4n) is 1.86. The summed E-state index contributed by atoms with van der Waals surface area (Å²) in [4.78, 5) is 1.03. The second-order valence-corrected chi connectivity index (χ2v) is 6.59. The van der Waals surface area contributed by atoms with Gasteiger partial charge in [-0.2, -0.15) is 0 Å². The second kappa shape index (κ2) is 7.15. The van der Waals surface area contributed by atoms with Crippen molar-refractivity contribution in [2.45, 2.75) is 50.3 Å². The monoisotopic (exact) mass is 269 g/mol. The lowest BCUT2D eigenvalue weighted by Gasteiger charge is -2.21. The minimum Gasteiger partial charge on any atom is -0.330 e. The SMILES string of the molecule is CC(C)(C)c1cc(CCCCN)cc(SCF)c1. The Hall–Kier alpha value is -0.540. The van der Waals surface area contributed by atoms with Crippen molar-refractivity contribution in [3.63, 3.8) is 0 Å². The number of thioether (sulfide) groups is 1. The molecule has 0 atom stereocenters. The molecule has 0 aliphatic carbocycles. The molecule has 0 aliphatic heterocycles. The summed E-state index contributed by atoms with van der Waals surface area (Å²) in [6, 6.07) is 6.10. The second-order valence-electron chi connectivity index (χ2n) is 5.61. The van der Waals surface area contributed by atoms with Crippen LogP contribution in [0.2, 0.25) is 0 Å². The van der Waals surface area contributed by atoms with Crippen LogP contribution < -0.4 is 5.73 Å². The maximum atomic E-state index is 12.5. The summed E-state index contributed by atoms with van der Waals surface area (Å²) in [6.07, 6.45) is 3.18. The van der Waals surface area contributed by atoms with Gasteiger partial charge in [0.25, 0.3) is 0 Å². The Bertz CT molecular complexity index is 371. The molecular formula is C15H24FNS. The number of unbranched alkanes of at least 4 members (excludes halogenated alkanes) is 1. The van der Waals surface area contributed by atoms with Gasteiger partial charge in [0.05, 0.1) is 0 Å². The number of benzene rings is 1. The summed E-state index contributed by atoms with van der Waals surface area (Å²) in [6.45, 7) is 7.31. The zero-order chi connectivity index (χ0) is 13.6. The molecule has 0 aliphatic rings. The van der Waals surface area contributed by atoms with Crippen molar-refractivity contribution in [1.29, 1.82) is 0 Å². The molecule has 0 saturated heterocycles. The van der Waals surface area contributed by atoms with E-state index in [0.29, 0.717) is 0 Å². The van der Waals surface area contributed by atoms with Gasteiger partial charge in [-0.1, -0.05) is 38.6 Å². The number of aryl methyl sites for hydroxylation is 1. The molecule has 1 aromatic rings. The molecular weight excluding hydrogens is 245 g/mol. The average molecular weight is 269 g/mol. The lowest BCUT2D eigenvalue weighted by molar-refractivity contribution is 0.586. The highest BCUT2D eigenvalue weighted by Gasteiger charge is 2.15. The van der Waals surface area contributed by atoms with Gasteiger partial charge >= 0.3 is 0 Å². The van der Waals surface area contributed by atoms with Crippen molar-refractivity contribution in [3.05, 3.63) is 29.3 Å². The standard InChI is InChI=1S/C15H24FNS/c1-15(2,3)13-8-12(6-4-5-7-17)9-14(10-13)18-11-16/h8-10H,4-7,11,17H2,1-3H3. The van der Waals surface area contributed by atoms with Crippen molar-refractivity contribution < 1.29 is 4.39 Å². The third kappa shape index (κ3) is 4.99. The molecule has 0 heterocycles. The first-order chi connectivity index (χ1) is 8.47. The maximum Gasteiger partial charge on any atom is 0.139 e. The normalized spacial score (nSPS) is 11.8. The molecule has 0 amide bonds. The lowest BCUT2D eigenvalue weighted by Crippen LogP contribution is -2.11.